The van der Waals surface area contributed by atoms with E-state index in [1.807, 2.05) is 11.8 Å². The third-order valence-corrected chi connectivity index (χ3v) is 4.47. The summed E-state index contributed by atoms with van der Waals surface area (Å²) in [5, 5.41) is 3.32. The van der Waals surface area contributed by atoms with E-state index in [0.29, 0.717) is 11.6 Å². The van der Waals surface area contributed by atoms with Crippen molar-refractivity contribution in [2.75, 3.05) is 26.2 Å². The van der Waals surface area contributed by atoms with Crippen molar-refractivity contribution in [1.29, 1.82) is 0 Å². The van der Waals surface area contributed by atoms with Gasteiger partial charge in [-0.3, -0.25) is 4.90 Å². The molecule has 0 unspecified atom stereocenters. The van der Waals surface area contributed by atoms with Crippen LogP contribution < -0.4 is 5.32 Å². The van der Waals surface area contributed by atoms with E-state index in [0.717, 1.165) is 38.2 Å². The number of nitrogens with one attached hydrogen (secondary N) is 1. The zero-order valence-electron chi connectivity index (χ0n) is 12.0. The molecule has 1 atom stereocenters. The predicted octanol–water partition coefficient (Wildman–Crippen LogP) is 0.695. The molecule has 0 aromatic carbocycles. The van der Waals surface area contributed by atoms with Gasteiger partial charge in [-0.15, -0.1) is 0 Å². The number of esters is 1. The Morgan fingerprint density at radius 2 is 1.95 bits per heavy atom. The van der Waals surface area contributed by atoms with Crippen molar-refractivity contribution in [3.8, 4) is 0 Å². The van der Waals surface area contributed by atoms with E-state index >= 15 is 0 Å². The fourth-order valence-corrected chi connectivity index (χ4v) is 3.29. The third kappa shape index (κ3) is 2.08. The number of hydrogen-bond acceptors (Lipinski definition) is 4. The maximum atomic E-state index is 12.7. The Hall–Kier alpha value is -1.56. The number of rotatable bonds is 2. The molecule has 0 aromatic heterocycles. The first-order valence-electron chi connectivity index (χ1n) is 7.27. The second-order valence-electron chi connectivity index (χ2n) is 5.78. The van der Waals surface area contributed by atoms with Gasteiger partial charge < -0.3 is 15.0 Å². The zero-order chi connectivity index (χ0) is 14.3. The van der Waals surface area contributed by atoms with E-state index in [-0.39, 0.29) is 24.6 Å². The van der Waals surface area contributed by atoms with Gasteiger partial charge in [-0.1, -0.05) is 0 Å². The number of ether oxygens (including phenoxy) is 1. The largest absolute Gasteiger partial charge is 0.456 e. The van der Waals surface area contributed by atoms with Gasteiger partial charge in [-0.05, 0) is 39.8 Å². The lowest BCUT2D eigenvalue weighted by atomic mass is 10.1. The summed E-state index contributed by atoms with van der Waals surface area (Å²) < 4.78 is 5.03. The fourth-order valence-electron chi connectivity index (χ4n) is 3.29. The lowest BCUT2D eigenvalue weighted by molar-refractivity contribution is -0.136. The Balaban J connectivity index is 1.80. The molecule has 0 aromatic rings. The molecule has 20 heavy (non-hydrogen) atoms. The molecule has 1 N–H and O–H groups in total. The molecule has 0 radical (unpaired) electrons. The minimum absolute atomic E-state index is 0.0250. The maximum absolute atomic E-state index is 12.7. The molecule has 3 aliphatic heterocycles. The first-order chi connectivity index (χ1) is 9.59. The van der Waals surface area contributed by atoms with Crippen molar-refractivity contribution in [3.63, 3.8) is 0 Å². The van der Waals surface area contributed by atoms with E-state index in [1.54, 1.807) is 11.8 Å². The van der Waals surface area contributed by atoms with E-state index in [4.69, 9.17) is 4.74 Å². The normalized spacial score (nSPS) is 28.6. The van der Waals surface area contributed by atoms with Gasteiger partial charge in [0.15, 0.2) is 0 Å². The summed E-state index contributed by atoms with van der Waals surface area (Å²) >= 11 is 0. The predicted molar refractivity (Wildman–Crippen MR) is 73.0 cm³/mol. The topological polar surface area (TPSA) is 61.9 Å². The number of nitrogens with zero attached hydrogens (tertiary/aromatic N) is 2. The Bertz CT molecular complexity index is 468. The van der Waals surface area contributed by atoms with Crippen LogP contribution in [0.1, 0.15) is 26.7 Å². The van der Waals surface area contributed by atoms with Crippen molar-refractivity contribution in [2.45, 2.75) is 38.8 Å². The molecular weight excluding hydrogens is 258 g/mol. The molecule has 2 fully saturated rings. The molecule has 3 heterocycles. The summed E-state index contributed by atoms with van der Waals surface area (Å²) in [5.74, 6) is -0.305. The fraction of sp³-hybridized carbons (Fsp3) is 0.714. The molecular formula is C14H21N3O3. The van der Waals surface area contributed by atoms with Crippen molar-refractivity contribution < 1.29 is 14.3 Å². The number of carbonyl (C=O) groups excluding carboxylic acids is 2. The summed E-state index contributed by atoms with van der Waals surface area (Å²) in [4.78, 5) is 27.9. The minimum atomic E-state index is -0.305. The molecule has 0 bridgehead atoms. The number of amides is 2. The van der Waals surface area contributed by atoms with Crippen LogP contribution in [0.2, 0.25) is 0 Å². The molecule has 2 saturated heterocycles. The number of hydrogen-bond donors (Lipinski definition) is 1. The van der Waals surface area contributed by atoms with Crippen LogP contribution in [0.3, 0.4) is 0 Å². The Morgan fingerprint density at radius 3 is 2.55 bits per heavy atom. The highest BCUT2D eigenvalue weighted by Gasteiger charge is 2.42. The molecule has 2 amide bonds. The molecule has 3 aliphatic rings. The Kier molecular flexibility index (Phi) is 3.41. The van der Waals surface area contributed by atoms with Gasteiger partial charge in [0, 0.05) is 12.6 Å². The van der Waals surface area contributed by atoms with Crippen LogP contribution >= 0.6 is 0 Å². The van der Waals surface area contributed by atoms with Gasteiger partial charge >= 0.3 is 12.0 Å². The van der Waals surface area contributed by atoms with Gasteiger partial charge in [0.2, 0.25) is 0 Å². The second-order valence-corrected chi connectivity index (χ2v) is 5.78. The third-order valence-electron chi connectivity index (χ3n) is 4.47. The van der Waals surface area contributed by atoms with E-state index in [9.17, 15) is 9.59 Å². The lowest BCUT2D eigenvalue weighted by Gasteiger charge is -2.31. The summed E-state index contributed by atoms with van der Waals surface area (Å²) in [7, 11) is 0. The highest BCUT2D eigenvalue weighted by molar-refractivity contribution is 5.92. The Labute approximate surface area is 118 Å². The van der Waals surface area contributed by atoms with E-state index in [1.165, 1.54) is 0 Å². The molecule has 0 spiro atoms. The van der Waals surface area contributed by atoms with Gasteiger partial charge in [0.05, 0.1) is 17.3 Å². The highest BCUT2D eigenvalue weighted by atomic mass is 16.5. The standard InChI is InChI=1S/C14H21N3O3/c1-9-7-16(11-3-5-15-6-4-11)14(19)17(9)12-8-20-13(18)10(12)2/h9,11,15H,3-8H2,1-2H3/t9-/m1/s1. The monoisotopic (exact) mass is 279 g/mol. The summed E-state index contributed by atoms with van der Waals surface area (Å²) in [6.45, 7) is 6.65. The Morgan fingerprint density at radius 1 is 1.25 bits per heavy atom. The van der Waals surface area contributed by atoms with Crippen LogP contribution in [0.4, 0.5) is 4.79 Å². The summed E-state index contributed by atoms with van der Waals surface area (Å²) in [6.07, 6.45) is 2.00. The van der Waals surface area contributed by atoms with Crippen molar-refractivity contribution in [1.82, 2.24) is 15.1 Å². The molecule has 0 aliphatic carbocycles. The molecule has 0 saturated carbocycles. The van der Waals surface area contributed by atoms with Crippen LogP contribution in [0.5, 0.6) is 0 Å². The van der Waals surface area contributed by atoms with Crippen molar-refractivity contribution in [2.24, 2.45) is 0 Å². The minimum Gasteiger partial charge on any atom is -0.456 e. The van der Waals surface area contributed by atoms with Crippen LogP contribution in [0, 0.1) is 0 Å². The SMILES string of the molecule is CC1=C(N2C(=O)N(C3CCNCC3)C[C@H]2C)COC1=O. The van der Waals surface area contributed by atoms with Crippen LogP contribution in [-0.4, -0.2) is 60.1 Å². The van der Waals surface area contributed by atoms with Gasteiger partial charge in [-0.25, -0.2) is 9.59 Å². The average molecular weight is 279 g/mol. The number of cyclic esters (lactones) is 1. The van der Waals surface area contributed by atoms with Crippen LogP contribution in [0.25, 0.3) is 0 Å². The molecule has 6 nitrogen and oxygen atoms in total. The van der Waals surface area contributed by atoms with E-state index in [2.05, 4.69) is 5.32 Å². The quantitative estimate of drug-likeness (QED) is 0.756. The first kappa shape index (κ1) is 13.4. The smallest absolute Gasteiger partial charge is 0.336 e. The van der Waals surface area contributed by atoms with Gasteiger partial charge in [0.1, 0.15) is 6.61 Å². The summed E-state index contributed by atoms with van der Waals surface area (Å²) in [6, 6.07) is 0.434. The van der Waals surface area contributed by atoms with Gasteiger partial charge in [0.25, 0.3) is 0 Å². The van der Waals surface area contributed by atoms with Crippen molar-refractivity contribution in [3.05, 3.63) is 11.3 Å². The maximum Gasteiger partial charge on any atom is 0.336 e. The van der Waals surface area contributed by atoms with Crippen LogP contribution in [-0.2, 0) is 9.53 Å². The number of urea groups is 1. The molecule has 3 rings (SSSR count). The first-order valence-corrected chi connectivity index (χ1v) is 7.27. The van der Waals surface area contributed by atoms with Crippen LogP contribution in [0.15, 0.2) is 11.3 Å². The van der Waals surface area contributed by atoms with E-state index < -0.39 is 0 Å². The zero-order valence-corrected chi connectivity index (χ0v) is 12.0. The lowest BCUT2D eigenvalue weighted by Crippen LogP contribution is -2.45. The van der Waals surface area contributed by atoms with Gasteiger partial charge in [-0.2, -0.15) is 0 Å². The number of piperidine rings is 1. The summed E-state index contributed by atoms with van der Waals surface area (Å²) in [5.41, 5.74) is 1.31. The second kappa shape index (κ2) is 5.09. The average Bonchev–Trinajstić information content (AvgIpc) is 2.92. The van der Waals surface area contributed by atoms with Crippen molar-refractivity contribution >= 4 is 12.0 Å². The number of carbonyl (C=O) groups is 2. The molecule has 110 valence electrons. The highest BCUT2D eigenvalue weighted by Crippen LogP contribution is 2.29. The molecule has 6 heteroatoms.